The van der Waals surface area contributed by atoms with Crippen LogP contribution in [0.4, 0.5) is 11.5 Å². The van der Waals surface area contributed by atoms with Crippen molar-refractivity contribution in [3.05, 3.63) is 53.2 Å². The first kappa shape index (κ1) is 14.2. The summed E-state index contributed by atoms with van der Waals surface area (Å²) in [5, 5.41) is 0.643. The molecule has 21 heavy (non-hydrogen) atoms. The molecule has 1 saturated heterocycles. The molecule has 0 aliphatic carbocycles. The van der Waals surface area contributed by atoms with Gasteiger partial charge in [-0.15, -0.1) is 0 Å². The van der Waals surface area contributed by atoms with Crippen LogP contribution in [0.3, 0.4) is 0 Å². The summed E-state index contributed by atoms with van der Waals surface area (Å²) in [6.45, 7) is 4.33. The summed E-state index contributed by atoms with van der Waals surface area (Å²) in [6.07, 6.45) is 1.70. The zero-order valence-electron chi connectivity index (χ0n) is 11.9. The quantitative estimate of drug-likeness (QED) is 0.946. The molecule has 0 spiro atoms. The Morgan fingerprint density at radius 2 is 1.71 bits per heavy atom. The van der Waals surface area contributed by atoms with Crippen molar-refractivity contribution in [2.24, 2.45) is 5.73 Å². The van der Waals surface area contributed by atoms with Gasteiger partial charge in [0.2, 0.25) is 0 Å². The number of anilines is 2. The molecule has 1 aliphatic rings. The molecule has 2 heterocycles. The third-order valence-corrected chi connectivity index (χ3v) is 4.21. The van der Waals surface area contributed by atoms with Gasteiger partial charge in [0.1, 0.15) is 5.82 Å². The zero-order valence-corrected chi connectivity index (χ0v) is 12.6. The number of aromatic nitrogens is 1. The number of piperazine rings is 1. The average molecular weight is 303 g/mol. The van der Waals surface area contributed by atoms with Crippen molar-refractivity contribution in [2.75, 3.05) is 36.0 Å². The smallest absolute Gasteiger partial charge is 0.129 e. The molecule has 110 valence electrons. The van der Waals surface area contributed by atoms with Crippen LogP contribution in [0.5, 0.6) is 0 Å². The number of halogens is 1. The Kier molecular flexibility index (Phi) is 4.27. The number of benzene rings is 1. The van der Waals surface area contributed by atoms with Crippen LogP contribution in [0, 0.1) is 0 Å². The Morgan fingerprint density at radius 1 is 1.05 bits per heavy atom. The Balaban J connectivity index is 1.68. The molecule has 0 radical (unpaired) electrons. The maximum absolute atomic E-state index is 6.07. The molecule has 1 aromatic carbocycles. The molecule has 1 fully saturated rings. The van der Waals surface area contributed by atoms with Gasteiger partial charge in [-0.3, -0.25) is 0 Å². The SMILES string of the molecule is NCc1cc(N2CCN(c3ccccc3)CC2)ncc1Cl. The van der Waals surface area contributed by atoms with Crippen LogP contribution in [0.15, 0.2) is 42.6 Å². The van der Waals surface area contributed by atoms with Crippen molar-refractivity contribution in [1.29, 1.82) is 0 Å². The highest BCUT2D eigenvalue weighted by molar-refractivity contribution is 6.31. The maximum atomic E-state index is 6.07. The lowest BCUT2D eigenvalue weighted by atomic mass is 10.2. The molecule has 4 nitrogen and oxygen atoms in total. The Hall–Kier alpha value is -1.78. The summed E-state index contributed by atoms with van der Waals surface area (Å²) < 4.78 is 0. The van der Waals surface area contributed by atoms with E-state index in [4.69, 9.17) is 17.3 Å². The number of hydrogen-bond acceptors (Lipinski definition) is 4. The number of pyridine rings is 1. The number of para-hydroxylation sites is 1. The molecule has 0 saturated carbocycles. The predicted octanol–water partition coefficient (Wildman–Crippen LogP) is 2.52. The molecular formula is C16H19ClN4. The third-order valence-electron chi connectivity index (χ3n) is 3.87. The Bertz CT molecular complexity index is 594. The third kappa shape index (κ3) is 3.12. The van der Waals surface area contributed by atoms with E-state index < -0.39 is 0 Å². The molecule has 2 aromatic rings. The van der Waals surface area contributed by atoms with E-state index in [0.717, 1.165) is 37.6 Å². The second kappa shape index (κ2) is 6.33. The molecule has 0 unspecified atom stereocenters. The number of nitrogens with two attached hydrogens (primary N) is 1. The molecule has 3 rings (SSSR count). The lowest BCUT2D eigenvalue weighted by molar-refractivity contribution is 0.647. The average Bonchev–Trinajstić information content (AvgIpc) is 2.56. The highest BCUT2D eigenvalue weighted by atomic mass is 35.5. The van der Waals surface area contributed by atoms with Crippen LogP contribution in [0.1, 0.15) is 5.56 Å². The van der Waals surface area contributed by atoms with Crippen LogP contribution in [-0.2, 0) is 6.54 Å². The van der Waals surface area contributed by atoms with Crippen molar-refractivity contribution < 1.29 is 0 Å². The van der Waals surface area contributed by atoms with Crippen molar-refractivity contribution in [1.82, 2.24) is 4.98 Å². The summed E-state index contributed by atoms with van der Waals surface area (Å²) in [5.41, 5.74) is 7.94. The van der Waals surface area contributed by atoms with Gasteiger partial charge in [0.15, 0.2) is 0 Å². The fraction of sp³-hybridized carbons (Fsp3) is 0.312. The summed E-state index contributed by atoms with van der Waals surface area (Å²) in [6, 6.07) is 12.5. The summed E-state index contributed by atoms with van der Waals surface area (Å²) in [4.78, 5) is 9.11. The van der Waals surface area contributed by atoms with E-state index in [1.165, 1.54) is 5.69 Å². The lowest BCUT2D eigenvalue weighted by Gasteiger charge is -2.36. The fourth-order valence-electron chi connectivity index (χ4n) is 2.63. The zero-order chi connectivity index (χ0) is 14.7. The first-order chi connectivity index (χ1) is 10.3. The second-order valence-corrected chi connectivity index (χ2v) is 5.55. The lowest BCUT2D eigenvalue weighted by Crippen LogP contribution is -2.46. The minimum Gasteiger partial charge on any atom is -0.368 e. The Morgan fingerprint density at radius 3 is 2.38 bits per heavy atom. The molecular weight excluding hydrogens is 284 g/mol. The summed E-state index contributed by atoms with van der Waals surface area (Å²) >= 11 is 6.07. The number of hydrogen-bond donors (Lipinski definition) is 1. The number of nitrogens with zero attached hydrogens (tertiary/aromatic N) is 3. The molecule has 1 aliphatic heterocycles. The van der Waals surface area contributed by atoms with E-state index in [0.29, 0.717) is 11.6 Å². The largest absolute Gasteiger partial charge is 0.368 e. The van der Waals surface area contributed by atoms with Crippen molar-refractivity contribution in [3.63, 3.8) is 0 Å². The van der Waals surface area contributed by atoms with Gasteiger partial charge in [-0.05, 0) is 23.8 Å². The van der Waals surface area contributed by atoms with E-state index in [9.17, 15) is 0 Å². The topological polar surface area (TPSA) is 45.4 Å². The van der Waals surface area contributed by atoms with E-state index in [1.54, 1.807) is 6.20 Å². The molecule has 0 bridgehead atoms. The Labute approximate surface area is 130 Å². The van der Waals surface area contributed by atoms with Crippen molar-refractivity contribution >= 4 is 23.1 Å². The monoisotopic (exact) mass is 302 g/mol. The van der Waals surface area contributed by atoms with Crippen LogP contribution in [-0.4, -0.2) is 31.2 Å². The highest BCUT2D eigenvalue weighted by Gasteiger charge is 2.18. The van der Waals surface area contributed by atoms with E-state index in [1.807, 2.05) is 12.1 Å². The van der Waals surface area contributed by atoms with Crippen molar-refractivity contribution in [2.45, 2.75) is 6.54 Å². The minimum atomic E-state index is 0.443. The van der Waals surface area contributed by atoms with Gasteiger partial charge in [0.25, 0.3) is 0 Å². The normalized spacial score (nSPS) is 15.3. The molecule has 1 aromatic heterocycles. The van der Waals surface area contributed by atoms with E-state index >= 15 is 0 Å². The van der Waals surface area contributed by atoms with Gasteiger partial charge >= 0.3 is 0 Å². The van der Waals surface area contributed by atoms with Gasteiger partial charge in [0, 0.05) is 44.6 Å². The van der Waals surface area contributed by atoms with Gasteiger partial charge in [0.05, 0.1) is 5.02 Å². The second-order valence-electron chi connectivity index (χ2n) is 5.15. The molecule has 5 heteroatoms. The van der Waals surface area contributed by atoms with Crippen LogP contribution in [0.2, 0.25) is 5.02 Å². The molecule has 2 N–H and O–H groups in total. The van der Waals surface area contributed by atoms with Crippen molar-refractivity contribution in [3.8, 4) is 0 Å². The van der Waals surface area contributed by atoms with Crippen LogP contribution < -0.4 is 15.5 Å². The van der Waals surface area contributed by atoms with Gasteiger partial charge in [-0.2, -0.15) is 0 Å². The van der Waals surface area contributed by atoms with Gasteiger partial charge < -0.3 is 15.5 Å². The van der Waals surface area contributed by atoms with E-state index in [2.05, 4.69) is 39.0 Å². The van der Waals surface area contributed by atoms with Crippen LogP contribution in [0.25, 0.3) is 0 Å². The highest BCUT2D eigenvalue weighted by Crippen LogP contribution is 2.22. The summed E-state index contributed by atoms with van der Waals surface area (Å²) in [5.74, 6) is 0.965. The first-order valence-electron chi connectivity index (χ1n) is 7.17. The first-order valence-corrected chi connectivity index (χ1v) is 7.55. The molecule has 0 atom stereocenters. The van der Waals surface area contributed by atoms with Crippen LogP contribution >= 0.6 is 11.6 Å². The number of rotatable bonds is 3. The van der Waals surface area contributed by atoms with E-state index in [-0.39, 0.29) is 0 Å². The van der Waals surface area contributed by atoms with Gasteiger partial charge in [-0.25, -0.2) is 4.98 Å². The summed E-state index contributed by atoms with van der Waals surface area (Å²) in [7, 11) is 0. The molecule has 0 amide bonds. The predicted molar refractivity (Wildman–Crippen MR) is 88.0 cm³/mol. The minimum absolute atomic E-state index is 0.443. The fourth-order valence-corrected chi connectivity index (χ4v) is 2.81. The maximum Gasteiger partial charge on any atom is 0.129 e. The standard InChI is InChI=1S/C16H19ClN4/c17-15-12-19-16(10-13(15)11-18)21-8-6-20(7-9-21)14-4-2-1-3-5-14/h1-5,10,12H,6-9,11,18H2. The van der Waals surface area contributed by atoms with Gasteiger partial charge in [-0.1, -0.05) is 29.8 Å².